The maximum Gasteiger partial charge on any atom is 0.305 e. The van der Waals surface area contributed by atoms with Crippen molar-refractivity contribution in [1.29, 1.82) is 0 Å². The SMILES string of the molecule is CCC(CN)C(=O)NCCC(=O)O. The second kappa shape index (κ2) is 6.42. The zero-order valence-electron chi connectivity index (χ0n) is 7.75. The van der Waals surface area contributed by atoms with Crippen LogP contribution in [0.3, 0.4) is 0 Å². The van der Waals surface area contributed by atoms with Gasteiger partial charge in [-0.3, -0.25) is 9.59 Å². The van der Waals surface area contributed by atoms with Crippen molar-refractivity contribution in [2.45, 2.75) is 19.8 Å². The minimum atomic E-state index is -0.916. The van der Waals surface area contributed by atoms with Gasteiger partial charge in [-0.2, -0.15) is 0 Å². The van der Waals surface area contributed by atoms with E-state index in [0.29, 0.717) is 13.0 Å². The van der Waals surface area contributed by atoms with Crippen LogP contribution in [0.25, 0.3) is 0 Å². The average molecular weight is 188 g/mol. The van der Waals surface area contributed by atoms with Crippen LogP contribution < -0.4 is 11.1 Å². The second-order valence-electron chi connectivity index (χ2n) is 2.78. The molecule has 0 bridgehead atoms. The van der Waals surface area contributed by atoms with E-state index in [0.717, 1.165) is 0 Å². The molecule has 13 heavy (non-hydrogen) atoms. The largest absolute Gasteiger partial charge is 0.481 e. The van der Waals surface area contributed by atoms with E-state index < -0.39 is 5.97 Å². The van der Waals surface area contributed by atoms with Crippen LogP contribution in [0.5, 0.6) is 0 Å². The van der Waals surface area contributed by atoms with Crippen LogP contribution in [-0.4, -0.2) is 30.1 Å². The molecule has 0 spiro atoms. The highest BCUT2D eigenvalue weighted by molar-refractivity contribution is 5.79. The molecular weight excluding hydrogens is 172 g/mol. The van der Waals surface area contributed by atoms with Crippen LogP contribution in [0.1, 0.15) is 19.8 Å². The van der Waals surface area contributed by atoms with Crippen LogP contribution in [-0.2, 0) is 9.59 Å². The molecule has 1 atom stereocenters. The summed E-state index contributed by atoms with van der Waals surface area (Å²) in [6.07, 6.45) is 0.627. The fourth-order valence-electron chi connectivity index (χ4n) is 0.896. The zero-order valence-corrected chi connectivity index (χ0v) is 7.75. The summed E-state index contributed by atoms with van der Waals surface area (Å²) in [5.74, 6) is -1.28. The highest BCUT2D eigenvalue weighted by atomic mass is 16.4. The van der Waals surface area contributed by atoms with E-state index in [9.17, 15) is 9.59 Å². The van der Waals surface area contributed by atoms with Crippen molar-refractivity contribution in [2.24, 2.45) is 11.7 Å². The summed E-state index contributed by atoms with van der Waals surface area (Å²) in [7, 11) is 0. The van der Waals surface area contributed by atoms with Crippen LogP contribution in [0, 0.1) is 5.92 Å². The van der Waals surface area contributed by atoms with Gasteiger partial charge in [0.1, 0.15) is 0 Å². The molecule has 1 unspecified atom stereocenters. The van der Waals surface area contributed by atoms with Gasteiger partial charge in [0.25, 0.3) is 0 Å². The van der Waals surface area contributed by atoms with E-state index in [4.69, 9.17) is 10.8 Å². The maximum absolute atomic E-state index is 11.2. The number of hydrogen-bond donors (Lipinski definition) is 3. The Morgan fingerprint density at radius 2 is 2.15 bits per heavy atom. The smallest absolute Gasteiger partial charge is 0.305 e. The normalized spacial score (nSPS) is 12.2. The number of aliphatic carboxylic acids is 1. The predicted molar refractivity (Wildman–Crippen MR) is 48.1 cm³/mol. The monoisotopic (exact) mass is 188 g/mol. The number of rotatable bonds is 6. The van der Waals surface area contributed by atoms with E-state index in [1.807, 2.05) is 6.92 Å². The topological polar surface area (TPSA) is 92.4 Å². The van der Waals surface area contributed by atoms with Gasteiger partial charge >= 0.3 is 5.97 Å². The predicted octanol–water partition coefficient (Wildman–Crippen LogP) is -0.438. The first-order valence-electron chi connectivity index (χ1n) is 4.31. The Kier molecular flexibility index (Phi) is 5.88. The molecular formula is C8H16N2O3. The quantitative estimate of drug-likeness (QED) is 0.527. The molecule has 0 saturated carbocycles. The lowest BCUT2D eigenvalue weighted by Gasteiger charge is -2.11. The van der Waals surface area contributed by atoms with Gasteiger partial charge in [0.05, 0.1) is 6.42 Å². The number of hydrogen-bond acceptors (Lipinski definition) is 3. The molecule has 0 saturated heterocycles. The number of nitrogens with one attached hydrogen (secondary N) is 1. The van der Waals surface area contributed by atoms with Crippen LogP contribution in [0.2, 0.25) is 0 Å². The molecule has 0 heterocycles. The van der Waals surface area contributed by atoms with Gasteiger partial charge in [-0.1, -0.05) is 6.92 Å². The number of carbonyl (C=O) groups is 2. The summed E-state index contributed by atoms with van der Waals surface area (Å²) in [5.41, 5.74) is 5.34. The minimum Gasteiger partial charge on any atom is -0.481 e. The van der Waals surface area contributed by atoms with Gasteiger partial charge in [-0.05, 0) is 6.42 Å². The zero-order chi connectivity index (χ0) is 10.3. The number of carboxylic acid groups (broad SMARTS) is 1. The molecule has 0 rings (SSSR count). The van der Waals surface area contributed by atoms with Crippen molar-refractivity contribution in [3.8, 4) is 0 Å². The molecule has 0 fully saturated rings. The van der Waals surface area contributed by atoms with Crippen LogP contribution in [0.15, 0.2) is 0 Å². The molecule has 5 heteroatoms. The third-order valence-corrected chi connectivity index (χ3v) is 1.79. The van der Waals surface area contributed by atoms with E-state index in [1.165, 1.54) is 0 Å². The van der Waals surface area contributed by atoms with Crippen molar-refractivity contribution in [3.05, 3.63) is 0 Å². The molecule has 0 radical (unpaired) electrons. The van der Waals surface area contributed by atoms with E-state index in [-0.39, 0.29) is 24.8 Å². The van der Waals surface area contributed by atoms with Gasteiger partial charge in [-0.25, -0.2) is 0 Å². The summed E-state index contributed by atoms with van der Waals surface area (Å²) >= 11 is 0. The Labute approximate surface area is 77.3 Å². The van der Waals surface area contributed by atoms with Crippen LogP contribution >= 0.6 is 0 Å². The second-order valence-corrected chi connectivity index (χ2v) is 2.78. The fraction of sp³-hybridized carbons (Fsp3) is 0.750. The number of carbonyl (C=O) groups excluding carboxylic acids is 1. The van der Waals surface area contributed by atoms with Crippen molar-refractivity contribution in [2.75, 3.05) is 13.1 Å². The molecule has 5 nitrogen and oxygen atoms in total. The summed E-state index contributed by atoms with van der Waals surface area (Å²) in [4.78, 5) is 21.3. The van der Waals surface area contributed by atoms with Gasteiger partial charge in [0.15, 0.2) is 0 Å². The van der Waals surface area contributed by atoms with Crippen molar-refractivity contribution in [1.82, 2.24) is 5.32 Å². The summed E-state index contributed by atoms with van der Waals surface area (Å²) in [5, 5.41) is 10.8. The van der Waals surface area contributed by atoms with E-state index in [1.54, 1.807) is 0 Å². The molecule has 0 aromatic heterocycles. The third kappa shape index (κ3) is 5.19. The summed E-state index contributed by atoms with van der Waals surface area (Å²) in [6.45, 7) is 2.34. The summed E-state index contributed by atoms with van der Waals surface area (Å²) in [6, 6.07) is 0. The molecule has 0 aliphatic carbocycles. The van der Waals surface area contributed by atoms with E-state index in [2.05, 4.69) is 5.32 Å². The summed E-state index contributed by atoms with van der Waals surface area (Å²) < 4.78 is 0. The molecule has 76 valence electrons. The number of nitrogens with two attached hydrogens (primary N) is 1. The van der Waals surface area contributed by atoms with Gasteiger partial charge in [0, 0.05) is 19.0 Å². The Balaban J connectivity index is 3.66. The van der Waals surface area contributed by atoms with Gasteiger partial charge < -0.3 is 16.2 Å². The molecule has 0 aliphatic heterocycles. The average Bonchev–Trinajstić information content (AvgIpc) is 2.05. The number of carboxylic acids is 1. The Bertz CT molecular complexity index is 178. The molecule has 0 aromatic carbocycles. The Morgan fingerprint density at radius 1 is 1.54 bits per heavy atom. The van der Waals surface area contributed by atoms with Crippen molar-refractivity contribution < 1.29 is 14.7 Å². The van der Waals surface area contributed by atoms with Gasteiger partial charge in [0.2, 0.25) is 5.91 Å². The first kappa shape index (κ1) is 11.9. The maximum atomic E-state index is 11.2. The third-order valence-electron chi connectivity index (χ3n) is 1.79. The standard InChI is InChI=1S/C8H16N2O3/c1-2-6(5-9)8(13)10-4-3-7(11)12/h6H,2-5,9H2,1H3,(H,10,13)(H,11,12). The highest BCUT2D eigenvalue weighted by Gasteiger charge is 2.13. The lowest BCUT2D eigenvalue weighted by Crippen LogP contribution is -2.35. The lowest BCUT2D eigenvalue weighted by atomic mass is 10.1. The highest BCUT2D eigenvalue weighted by Crippen LogP contribution is 1.98. The first-order valence-corrected chi connectivity index (χ1v) is 4.31. The molecule has 4 N–H and O–H groups in total. The molecule has 0 aliphatic rings. The van der Waals surface area contributed by atoms with Crippen molar-refractivity contribution in [3.63, 3.8) is 0 Å². The minimum absolute atomic E-state index is 0.0489. The van der Waals surface area contributed by atoms with Crippen LogP contribution in [0.4, 0.5) is 0 Å². The Hall–Kier alpha value is -1.10. The van der Waals surface area contributed by atoms with Crippen molar-refractivity contribution >= 4 is 11.9 Å². The van der Waals surface area contributed by atoms with E-state index >= 15 is 0 Å². The Morgan fingerprint density at radius 3 is 2.54 bits per heavy atom. The first-order chi connectivity index (χ1) is 6.11. The molecule has 1 amide bonds. The molecule has 0 aromatic rings. The number of amides is 1. The lowest BCUT2D eigenvalue weighted by molar-refractivity contribution is -0.137. The fourth-order valence-corrected chi connectivity index (χ4v) is 0.896. The van der Waals surface area contributed by atoms with Gasteiger partial charge in [-0.15, -0.1) is 0 Å².